The lowest BCUT2D eigenvalue weighted by Crippen LogP contribution is -2.42. The zero-order chi connectivity index (χ0) is 18.2. The highest BCUT2D eigenvalue weighted by Gasteiger charge is 2.17. The highest BCUT2D eigenvalue weighted by Crippen LogP contribution is 2.22. The van der Waals surface area contributed by atoms with Crippen LogP contribution in [0.2, 0.25) is 0 Å². The summed E-state index contributed by atoms with van der Waals surface area (Å²) in [5, 5.41) is 7.44. The molecule has 0 spiro atoms. The van der Waals surface area contributed by atoms with E-state index in [1.54, 1.807) is 7.05 Å². The number of para-hydroxylation sites is 1. The third-order valence-electron chi connectivity index (χ3n) is 4.16. The van der Waals surface area contributed by atoms with Gasteiger partial charge in [0.05, 0.1) is 12.2 Å². The van der Waals surface area contributed by atoms with Crippen LogP contribution in [0.25, 0.3) is 0 Å². The van der Waals surface area contributed by atoms with E-state index in [2.05, 4.69) is 27.3 Å². The first-order valence-corrected chi connectivity index (χ1v) is 8.55. The van der Waals surface area contributed by atoms with Crippen molar-refractivity contribution < 1.29 is 9.26 Å². The molecule has 0 amide bonds. The molecule has 7 heteroatoms. The predicted molar refractivity (Wildman–Crippen MR) is 116 cm³/mol. The Balaban J connectivity index is 0.00000338. The van der Waals surface area contributed by atoms with Crippen LogP contribution in [-0.2, 0) is 0 Å². The largest absolute Gasteiger partial charge is 0.492 e. The Labute approximate surface area is 173 Å². The van der Waals surface area contributed by atoms with Gasteiger partial charge in [0, 0.05) is 32.1 Å². The van der Waals surface area contributed by atoms with Gasteiger partial charge in [-0.2, -0.15) is 0 Å². The van der Waals surface area contributed by atoms with Crippen molar-refractivity contribution in [2.24, 2.45) is 4.99 Å². The maximum Gasteiger partial charge on any atom is 0.193 e. The number of aryl methyl sites for hydroxylation is 2. The minimum atomic E-state index is 0. The van der Waals surface area contributed by atoms with E-state index < -0.39 is 0 Å². The van der Waals surface area contributed by atoms with Gasteiger partial charge in [0.2, 0.25) is 0 Å². The number of guanidine groups is 1. The molecule has 6 nitrogen and oxygen atoms in total. The summed E-state index contributed by atoms with van der Waals surface area (Å²) in [7, 11) is 3.79. The van der Waals surface area contributed by atoms with Crippen molar-refractivity contribution in [3.63, 3.8) is 0 Å². The molecule has 0 bridgehead atoms. The predicted octanol–water partition coefficient (Wildman–Crippen LogP) is 3.60. The fraction of sp³-hybridized carbons (Fsp3) is 0.474. The highest BCUT2D eigenvalue weighted by atomic mass is 127. The molecule has 0 aliphatic carbocycles. The smallest absolute Gasteiger partial charge is 0.193 e. The molecule has 0 aliphatic heterocycles. The van der Waals surface area contributed by atoms with E-state index in [9.17, 15) is 0 Å². The second-order valence-corrected chi connectivity index (χ2v) is 6.15. The molecule has 1 heterocycles. The first-order valence-electron chi connectivity index (χ1n) is 8.55. The number of likely N-dealkylation sites (N-methyl/N-ethyl adjacent to an activating group) is 1. The van der Waals surface area contributed by atoms with Crippen LogP contribution in [0.15, 0.2) is 39.8 Å². The van der Waals surface area contributed by atoms with Gasteiger partial charge in [0.1, 0.15) is 18.1 Å². The molecule has 1 unspecified atom stereocenters. The Bertz CT molecular complexity index is 669. The number of benzene rings is 1. The number of aliphatic imine (C=N–C) groups is 1. The number of halogens is 1. The Hall–Kier alpha value is -1.77. The summed E-state index contributed by atoms with van der Waals surface area (Å²) >= 11 is 0. The SMILES string of the molecule is CN=C(NCC(C)c1c(C)noc1C)N(C)CCOc1ccccc1.I. The van der Waals surface area contributed by atoms with E-state index in [4.69, 9.17) is 9.26 Å². The average molecular weight is 472 g/mol. The molecule has 1 atom stereocenters. The van der Waals surface area contributed by atoms with Gasteiger partial charge >= 0.3 is 0 Å². The van der Waals surface area contributed by atoms with E-state index in [1.165, 1.54) is 0 Å². The van der Waals surface area contributed by atoms with Crippen molar-refractivity contribution in [2.75, 3.05) is 33.8 Å². The summed E-state index contributed by atoms with van der Waals surface area (Å²) < 4.78 is 11.0. The van der Waals surface area contributed by atoms with Crippen LogP contribution in [0.1, 0.15) is 29.9 Å². The zero-order valence-corrected chi connectivity index (χ0v) is 18.5. The van der Waals surface area contributed by atoms with Crippen LogP contribution in [0.3, 0.4) is 0 Å². The lowest BCUT2D eigenvalue weighted by molar-refractivity contribution is 0.281. The van der Waals surface area contributed by atoms with Crippen molar-refractivity contribution in [1.29, 1.82) is 0 Å². The summed E-state index contributed by atoms with van der Waals surface area (Å²) in [5.74, 6) is 2.89. The lowest BCUT2D eigenvalue weighted by atomic mass is 10.00. The quantitative estimate of drug-likeness (QED) is 0.379. The molecule has 2 rings (SSSR count). The second-order valence-electron chi connectivity index (χ2n) is 6.15. The minimum Gasteiger partial charge on any atom is -0.492 e. The molecule has 26 heavy (non-hydrogen) atoms. The summed E-state index contributed by atoms with van der Waals surface area (Å²) in [4.78, 5) is 6.41. The molecular weight excluding hydrogens is 443 g/mol. The van der Waals surface area contributed by atoms with Crippen molar-refractivity contribution in [2.45, 2.75) is 26.7 Å². The minimum absolute atomic E-state index is 0. The number of nitrogens with one attached hydrogen (secondary N) is 1. The van der Waals surface area contributed by atoms with Gasteiger partial charge < -0.3 is 19.5 Å². The molecule has 144 valence electrons. The first-order chi connectivity index (χ1) is 12.0. The number of ether oxygens (including phenoxy) is 1. The maximum absolute atomic E-state index is 5.74. The number of rotatable bonds is 7. The van der Waals surface area contributed by atoms with E-state index in [0.717, 1.165) is 41.8 Å². The van der Waals surface area contributed by atoms with Gasteiger partial charge in [-0.15, -0.1) is 24.0 Å². The number of hydrogen-bond donors (Lipinski definition) is 1. The normalized spacial score (nSPS) is 12.3. The van der Waals surface area contributed by atoms with E-state index in [0.29, 0.717) is 6.61 Å². The second kappa shape index (κ2) is 11.1. The van der Waals surface area contributed by atoms with E-state index >= 15 is 0 Å². The molecule has 1 N–H and O–H groups in total. The van der Waals surface area contributed by atoms with Crippen LogP contribution >= 0.6 is 24.0 Å². The van der Waals surface area contributed by atoms with Crippen LogP contribution < -0.4 is 10.1 Å². The molecule has 0 aliphatic rings. The third-order valence-corrected chi connectivity index (χ3v) is 4.16. The zero-order valence-electron chi connectivity index (χ0n) is 16.2. The van der Waals surface area contributed by atoms with Crippen molar-refractivity contribution >= 4 is 29.9 Å². The first kappa shape index (κ1) is 22.3. The van der Waals surface area contributed by atoms with Crippen LogP contribution in [0.4, 0.5) is 0 Å². The molecule has 0 radical (unpaired) electrons. The molecule has 0 saturated carbocycles. The topological polar surface area (TPSA) is 62.9 Å². The number of hydrogen-bond acceptors (Lipinski definition) is 4. The lowest BCUT2D eigenvalue weighted by Gasteiger charge is -2.23. The molecule has 1 aromatic carbocycles. The van der Waals surface area contributed by atoms with Gasteiger partial charge in [0.15, 0.2) is 5.96 Å². The fourth-order valence-electron chi connectivity index (χ4n) is 2.85. The summed E-state index contributed by atoms with van der Waals surface area (Å²) in [6.45, 7) is 8.19. The summed E-state index contributed by atoms with van der Waals surface area (Å²) in [5.41, 5.74) is 2.12. The van der Waals surface area contributed by atoms with Gasteiger partial charge in [0.25, 0.3) is 0 Å². The Morgan fingerprint density at radius 1 is 1.31 bits per heavy atom. The van der Waals surface area contributed by atoms with Crippen molar-refractivity contribution in [3.05, 3.63) is 47.3 Å². The van der Waals surface area contributed by atoms with Crippen LogP contribution in [0.5, 0.6) is 5.75 Å². The fourth-order valence-corrected chi connectivity index (χ4v) is 2.85. The van der Waals surface area contributed by atoms with Crippen molar-refractivity contribution in [3.8, 4) is 5.75 Å². The van der Waals surface area contributed by atoms with Gasteiger partial charge in [-0.25, -0.2) is 0 Å². The third kappa shape index (κ3) is 6.19. The molecular formula is C19H29IN4O2. The average Bonchev–Trinajstić information content (AvgIpc) is 2.95. The Morgan fingerprint density at radius 2 is 2.00 bits per heavy atom. The summed E-state index contributed by atoms with van der Waals surface area (Å²) in [6, 6.07) is 9.83. The monoisotopic (exact) mass is 472 g/mol. The van der Waals surface area contributed by atoms with Crippen LogP contribution in [0, 0.1) is 13.8 Å². The molecule has 2 aromatic rings. The van der Waals surface area contributed by atoms with Gasteiger partial charge in [-0.05, 0) is 26.0 Å². The molecule has 1 aromatic heterocycles. The van der Waals surface area contributed by atoms with Crippen LogP contribution in [-0.4, -0.2) is 49.8 Å². The standard InChI is InChI=1S/C19H28N4O2.HI/c1-14(18-15(2)22-25-16(18)3)13-21-19(20-4)23(5)11-12-24-17-9-7-6-8-10-17;/h6-10,14H,11-13H2,1-5H3,(H,20,21);1H. The molecule has 0 fully saturated rings. The van der Waals surface area contributed by atoms with Gasteiger partial charge in [-0.3, -0.25) is 4.99 Å². The number of aromatic nitrogens is 1. The molecule has 0 saturated heterocycles. The Morgan fingerprint density at radius 3 is 2.58 bits per heavy atom. The highest BCUT2D eigenvalue weighted by molar-refractivity contribution is 14.0. The van der Waals surface area contributed by atoms with E-state index in [-0.39, 0.29) is 29.9 Å². The van der Waals surface area contributed by atoms with E-state index in [1.807, 2.05) is 51.2 Å². The maximum atomic E-state index is 5.74. The summed E-state index contributed by atoms with van der Waals surface area (Å²) in [6.07, 6.45) is 0. The van der Waals surface area contributed by atoms with Gasteiger partial charge in [-0.1, -0.05) is 30.3 Å². The van der Waals surface area contributed by atoms with Crippen molar-refractivity contribution in [1.82, 2.24) is 15.4 Å². The number of nitrogens with zero attached hydrogens (tertiary/aromatic N) is 3. The Kier molecular flexibility index (Phi) is 9.47.